The summed E-state index contributed by atoms with van der Waals surface area (Å²) in [5, 5.41) is 13.9. The highest BCUT2D eigenvalue weighted by atomic mass is 19.1. The van der Waals surface area contributed by atoms with Gasteiger partial charge >= 0.3 is 12.2 Å². The standard InChI is InChI=1S/C23H20FN3O3.CH2O3/c1-13-10-15(11-14(2)20(13)28-16-6-5-7-16)21-26-18-12-25-23(27-22(18)30-21)29-19-9-4-3-8-17(19)24;2-1(3)4/h3-4,8-12,16H,5-7H2,1-2H3;(H2,2,3,4). The fraction of sp³-hybridized carbons (Fsp3) is 0.250. The minimum absolute atomic E-state index is 0.00749. The predicted molar refractivity (Wildman–Crippen MR) is 120 cm³/mol. The first-order chi connectivity index (χ1) is 16.3. The van der Waals surface area contributed by atoms with E-state index < -0.39 is 12.0 Å². The first-order valence-corrected chi connectivity index (χ1v) is 10.6. The first kappa shape index (κ1) is 23.0. The van der Waals surface area contributed by atoms with Crippen LogP contribution in [0.3, 0.4) is 0 Å². The van der Waals surface area contributed by atoms with Crippen molar-refractivity contribution in [2.75, 3.05) is 0 Å². The SMILES string of the molecule is Cc1cc(-c2nc3cnc(Oc4ccccc4F)nc3o2)cc(C)c1OC1CCC1.O=C(O)O. The van der Waals surface area contributed by atoms with Crippen LogP contribution in [-0.4, -0.2) is 37.4 Å². The number of fused-ring (bicyclic) bond motifs is 1. The molecular weight excluding hydrogens is 445 g/mol. The zero-order chi connectivity index (χ0) is 24.2. The Bertz CT molecular complexity index is 1310. The number of hydrogen-bond donors (Lipinski definition) is 2. The second-order valence-electron chi connectivity index (χ2n) is 7.79. The number of aryl methyl sites for hydroxylation is 2. The highest BCUT2D eigenvalue weighted by Gasteiger charge is 2.22. The molecule has 0 bridgehead atoms. The van der Waals surface area contributed by atoms with Gasteiger partial charge in [0, 0.05) is 5.56 Å². The van der Waals surface area contributed by atoms with E-state index in [1.807, 2.05) is 26.0 Å². The van der Waals surface area contributed by atoms with Crippen molar-refractivity contribution < 1.29 is 33.3 Å². The molecule has 10 heteroatoms. The molecule has 5 rings (SSSR count). The van der Waals surface area contributed by atoms with Crippen molar-refractivity contribution in [2.45, 2.75) is 39.2 Å². The number of oxazole rings is 1. The number of benzene rings is 2. The summed E-state index contributed by atoms with van der Waals surface area (Å²) in [5.41, 5.74) is 3.68. The van der Waals surface area contributed by atoms with Crippen LogP contribution in [-0.2, 0) is 0 Å². The molecule has 0 radical (unpaired) electrons. The highest BCUT2D eigenvalue weighted by Crippen LogP contribution is 2.34. The Kier molecular flexibility index (Phi) is 6.58. The van der Waals surface area contributed by atoms with Crippen molar-refractivity contribution in [3.8, 4) is 29.0 Å². The Hall–Kier alpha value is -4.21. The largest absolute Gasteiger partial charge is 0.503 e. The van der Waals surface area contributed by atoms with Gasteiger partial charge in [-0.05, 0) is 68.5 Å². The lowest BCUT2D eigenvalue weighted by molar-refractivity contribution is 0.118. The van der Waals surface area contributed by atoms with E-state index in [4.69, 9.17) is 28.9 Å². The fourth-order valence-electron chi connectivity index (χ4n) is 3.43. The van der Waals surface area contributed by atoms with Gasteiger partial charge in [-0.25, -0.2) is 19.2 Å². The average Bonchev–Trinajstić information content (AvgIpc) is 3.16. The number of carbonyl (C=O) groups is 1. The van der Waals surface area contributed by atoms with Crippen LogP contribution in [0.25, 0.3) is 22.7 Å². The van der Waals surface area contributed by atoms with E-state index in [-0.39, 0.29) is 17.5 Å². The topological polar surface area (TPSA) is 128 Å². The molecule has 0 saturated heterocycles. The number of halogens is 1. The molecule has 176 valence electrons. The minimum Gasteiger partial charge on any atom is -0.490 e. The van der Waals surface area contributed by atoms with E-state index in [1.165, 1.54) is 24.8 Å². The molecule has 4 aromatic rings. The van der Waals surface area contributed by atoms with E-state index >= 15 is 0 Å². The number of carboxylic acid groups (broad SMARTS) is 2. The Morgan fingerprint density at radius 2 is 1.79 bits per heavy atom. The molecule has 1 saturated carbocycles. The van der Waals surface area contributed by atoms with Crippen LogP contribution in [0.15, 0.2) is 47.0 Å². The number of para-hydroxylation sites is 1. The second kappa shape index (κ2) is 9.74. The minimum atomic E-state index is -1.83. The van der Waals surface area contributed by atoms with Gasteiger partial charge < -0.3 is 24.1 Å². The summed E-state index contributed by atoms with van der Waals surface area (Å²) in [7, 11) is 0. The first-order valence-electron chi connectivity index (χ1n) is 10.6. The van der Waals surface area contributed by atoms with Crippen molar-refractivity contribution >= 4 is 17.4 Å². The number of rotatable bonds is 5. The maximum Gasteiger partial charge on any atom is 0.503 e. The third-order valence-electron chi connectivity index (χ3n) is 5.21. The molecule has 0 unspecified atom stereocenters. The van der Waals surface area contributed by atoms with Crippen LogP contribution in [0.2, 0.25) is 0 Å². The fourth-order valence-corrected chi connectivity index (χ4v) is 3.43. The van der Waals surface area contributed by atoms with E-state index in [0.717, 1.165) is 35.3 Å². The van der Waals surface area contributed by atoms with E-state index in [2.05, 4.69) is 15.0 Å². The third-order valence-corrected chi connectivity index (χ3v) is 5.21. The summed E-state index contributed by atoms with van der Waals surface area (Å²) < 4.78 is 31.2. The molecule has 9 nitrogen and oxygen atoms in total. The number of aromatic nitrogens is 3. The quantitative estimate of drug-likeness (QED) is 0.364. The number of nitrogens with zero attached hydrogens (tertiary/aromatic N) is 3. The molecule has 0 aliphatic heterocycles. The molecule has 1 aliphatic rings. The van der Waals surface area contributed by atoms with Crippen LogP contribution < -0.4 is 9.47 Å². The monoisotopic (exact) mass is 467 g/mol. The highest BCUT2D eigenvalue weighted by molar-refractivity contribution is 5.73. The lowest BCUT2D eigenvalue weighted by Crippen LogP contribution is -2.25. The van der Waals surface area contributed by atoms with Crippen LogP contribution in [0.1, 0.15) is 30.4 Å². The molecule has 34 heavy (non-hydrogen) atoms. The molecule has 2 aromatic carbocycles. The Labute approximate surface area is 193 Å². The Morgan fingerprint density at radius 1 is 1.12 bits per heavy atom. The molecule has 0 spiro atoms. The van der Waals surface area contributed by atoms with Gasteiger partial charge in [-0.3, -0.25) is 0 Å². The molecule has 2 aromatic heterocycles. The van der Waals surface area contributed by atoms with Crippen LogP contribution in [0.5, 0.6) is 17.5 Å². The van der Waals surface area contributed by atoms with Gasteiger partial charge in [0.25, 0.3) is 5.71 Å². The smallest absolute Gasteiger partial charge is 0.490 e. The summed E-state index contributed by atoms with van der Waals surface area (Å²) in [6.07, 6.45) is 3.44. The van der Waals surface area contributed by atoms with Crippen molar-refractivity contribution in [3.63, 3.8) is 0 Å². The van der Waals surface area contributed by atoms with E-state index in [0.29, 0.717) is 17.5 Å². The summed E-state index contributed by atoms with van der Waals surface area (Å²) in [5.74, 6) is 0.920. The van der Waals surface area contributed by atoms with Crippen molar-refractivity contribution in [1.29, 1.82) is 0 Å². The molecular formula is C24H22FN3O6. The van der Waals surface area contributed by atoms with E-state index in [1.54, 1.807) is 12.1 Å². The molecule has 0 amide bonds. The van der Waals surface area contributed by atoms with Gasteiger partial charge in [-0.15, -0.1) is 0 Å². The second-order valence-corrected chi connectivity index (χ2v) is 7.79. The maximum absolute atomic E-state index is 13.8. The zero-order valence-electron chi connectivity index (χ0n) is 18.5. The van der Waals surface area contributed by atoms with Gasteiger partial charge in [0.05, 0.1) is 12.3 Å². The summed E-state index contributed by atoms with van der Waals surface area (Å²) in [6.45, 7) is 4.04. The Morgan fingerprint density at radius 3 is 2.41 bits per heavy atom. The van der Waals surface area contributed by atoms with Crippen molar-refractivity contribution in [3.05, 3.63) is 59.5 Å². The van der Waals surface area contributed by atoms with Gasteiger partial charge in [0.1, 0.15) is 11.3 Å². The molecule has 0 atom stereocenters. The van der Waals surface area contributed by atoms with Crippen LogP contribution in [0, 0.1) is 19.7 Å². The summed E-state index contributed by atoms with van der Waals surface area (Å²) >= 11 is 0. The number of hydrogen-bond acceptors (Lipinski definition) is 7. The maximum atomic E-state index is 13.8. The van der Waals surface area contributed by atoms with Gasteiger partial charge in [0.15, 0.2) is 11.6 Å². The normalized spacial score (nSPS) is 13.0. The van der Waals surface area contributed by atoms with Crippen LogP contribution >= 0.6 is 0 Å². The molecule has 1 aliphatic carbocycles. The third kappa shape index (κ3) is 5.22. The lowest BCUT2D eigenvalue weighted by Gasteiger charge is -2.28. The van der Waals surface area contributed by atoms with Crippen LogP contribution in [0.4, 0.5) is 9.18 Å². The Balaban J connectivity index is 0.000000636. The summed E-state index contributed by atoms with van der Waals surface area (Å²) in [6, 6.07) is 10.1. The lowest BCUT2D eigenvalue weighted by atomic mass is 9.95. The number of ether oxygens (including phenoxy) is 2. The van der Waals surface area contributed by atoms with Crippen molar-refractivity contribution in [1.82, 2.24) is 15.0 Å². The molecule has 1 fully saturated rings. The average molecular weight is 467 g/mol. The summed E-state index contributed by atoms with van der Waals surface area (Å²) in [4.78, 5) is 21.4. The predicted octanol–water partition coefficient (Wildman–Crippen LogP) is 5.99. The van der Waals surface area contributed by atoms with Gasteiger partial charge in [0.2, 0.25) is 5.89 Å². The van der Waals surface area contributed by atoms with Gasteiger partial charge in [-0.1, -0.05) is 12.1 Å². The molecule has 2 N–H and O–H groups in total. The zero-order valence-corrected chi connectivity index (χ0v) is 18.5. The van der Waals surface area contributed by atoms with Crippen molar-refractivity contribution in [2.24, 2.45) is 0 Å². The molecule has 2 heterocycles. The van der Waals surface area contributed by atoms with Gasteiger partial charge in [-0.2, -0.15) is 4.98 Å². The van der Waals surface area contributed by atoms with E-state index in [9.17, 15) is 4.39 Å².